The van der Waals surface area contributed by atoms with Gasteiger partial charge in [0.15, 0.2) is 0 Å². The summed E-state index contributed by atoms with van der Waals surface area (Å²) in [5.74, 6) is 2.77. The van der Waals surface area contributed by atoms with Crippen LogP contribution in [0.25, 0.3) is 0 Å². The monoisotopic (exact) mass is 1640 g/mol. The van der Waals surface area contributed by atoms with Gasteiger partial charge in [-0.15, -0.1) is 83.9 Å². The Kier molecular flexibility index (Phi) is 22.0. The van der Waals surface area contributed by atoms with E-state index in [2.05, 4.69) is 251 Å². The van der Waals surface area contributed by atoms with E-state index in [9.17, 15) is 0 Å². The van der Waals surface area contributed by atoms with Gasteiger partial charge in [0.25, 0.3) is 0 Å². The van der Waals surface area contributed by atoms with Gasteiger partial charge < -0.3 is 58.8 Å². The molecule has 0 aliphatic carbocycles. The van der Waals surface area contributed by atoms with Crippen LogP contribution in [0.3, 0.4) is 0 Å². The molecule has 0 unspecified atom stereocenters. The molecule has 2 radical (unpaired) electrons. The van der Waals surface area contributed by atoms with Crippen molar-refractivity contribution in [2.45, 2.75) is 94.8 Å². The second kappa shape index (κ2) is 33.3. The van der Waals surface area contributed by atoms with Crippen LogP contribution in [0.4, 0.5) is 57.4 Å². The van der Waals surface area contributed by atoms with Crippen molar-refractivity contribution in [1.82, 2.24) is 39.5 Å². The molecule has 96 heavy (non-hydrogen) atoms. The number of rotatable bonds is 16. The van der Waals surface area contributed by atoms with Crippen molar-refractivity contribution in [3.63, 3.8) is 0 Å². The molecule has 0 atom stereocenters. The Bertz CT molecular complexity index is 3990. The Morgan fingerprint density at radius 1 is 0.344 bits per heavy atom. The molecule has 8 aromatic rings. The summed E-state index contributed by atoms with van der Waals surface area (Å²) in [4.78, 5) is 42.3. The van der Waals surface area contributed by atoms with Gasteiger partial charge in [0.2, 0.25) is 0 Å². The molecule has 14 rings (SSSR count). The van der Waals surface area contributed by atoms with Crippen molar-refractivity contribution in [1.29, 1.82) is 0 Å². The maximum absolute atomic E-state index is 7.48. The molecule has 0 fully saturated rings. The maximum Gasteiger partial charge on any atom is 0.143 e. The van der Waals surface area contributed by atoms with E-state index < -0.39 is 13.7 Å². The predicted molar refractivity (Wildman–Crippen MR) is 381 cm³/mol. The topological polar surface area (TPSA) is 90.4 Å². The summed E-state index contributed by atoms with van der Waals surface area (Å²) in [5.41, 5.74) is 16.4. The minimum Gasteiger partial charge on any atom is -0.508 e. The molecule has 6 aliphatic heterocycles. The third-order valence-corrected chi connectivity index (χ3v) is 16.6. The molecular weight excluding hydrogens is 1550 g/mol. The number of anilines is 10. The molecular formula is C78H84Ir2N16-12. The van der Waals surface area contributed by atoms with Crippen molar-refractivity contribution < 1.29 is 48.4 Å². The normalized spacial score (nSPS) is 16.4. The fourth-order valence-corrected chi connectivity index (χ4v) is 11.2. The molecule has 16 nitrogen and oxygen atoms in total. The van der Waals surface area contributed by atoms with Crippen LogP contribution in [0.2, 0.25) is 0 Å². The average Bonchev–Trinajstić information content (AvgIpc) is 1.68. The number of unbranched alkanes of at least 4 members (excludes halogenated alkanes) is 2. The van der Waals surface area contributed by atoms with Crippen molar-refractivity contribution in [3.05, 3.63) is 291 Å². The van der Waals surface area contributed by atoms with Gasteiger partial charge in [-0.1, -0.05) is 41.4 Å². The van der Waals surface area contributed by atoms with Gasteiger partial charge >= 0.3 is 0 Å². The SMILES string of the molecule is CC1=C(C)N(c2[c-]ccc(C)c2)[CH-]N1CCCCN1[CH-]N(c2[c-]ccc(C)c2)C(C)=C1C.Cc1cc[c-]c(N2C=CN(CCCCN3C=CN(c4[c-]ccc(C)c4)[CH-]3)[CH-]2)c1.[2H]C([2H])([2H])c1cc[c-]c(N2[CH-]N(C)c3nccnc32)c1.[2H]C([2H])([2H])c1cc[c-]c(N2[CH-]N(C)c3nccnc32)c1.[Ir].[Ir]. The number of benzene rings is 6. The third-order valence-electron chi connectivity index (χ3n) is 16.6. The average molecular weight is 1640 g/mol. The van der Waals surface area contributed by atoms with E-state index in [1.807, 2.05) is 48.2 Å². The first-order valence-corrected chi connectivity index (χ1v) is 31.6. The molecule has 0 amide bonds. The Balaban J connectivity index is 0.000000160. The van der Waals surface area contributed by atoms with Gasteiger partial charge in [-0.3, -0.25) is 0 Å². The van der Waals surface area contributed by atoms with E-state index in [0.29, 0.717) is 23.0 Å². The number of hydrogen-bond acceptors (Lipinski definition) is 16. The molecule has 0 spiro atoms. The van der Waals surface area contributed by atoms with Crippen LogP contribution in [0.5, 0.6) is 0 Å². The second-order valence-corrected chi connectivity index (χ2v) is 23.8. The Labute approximate surface area is 607 Å². The Hall–Kier alpha value is -8.66. The van der Waals surface area contributed by atoms with E-state index in [4.69, 9.17) is 8.22 Å². The van der Waals surface area contributed by atoms with Crippen molar-refractivity contribution in [3.8, 4) is 0 Å². The van der Waals surface area contributed by atoms with Crippen molar-refractivity contribution >= 4 is 57.4 Å². The van der Waals surface area contributed by atoms with Gasteiger partial charge in [0, 0.05) is 84.6 Å². The van der Waals surface area contributed by atoms with Crippen LogP contribution in [-0.4, -0.2) is 79.8 Å². The van der Waals surface area contributed by atoms with Crippen LogP contribution >= 0.6 is 0 Å². The largest absolute Gasteiger partial charge is 0.508 e. The van der Waals surface area contributed by atoms with E-state index in [1.54, 1.807) is 84.3 Å². The summed E-state index contributed by atoms with van der Waals surface area (Å²) in [6, 6.07) is 53.9. The quantitative estimate of drug-likeness (QED) is 0.0678. The number of aryl methyl sites for hydroxylation is 6. The van der Waals surface area contributed by atoms with Crippen molar-refractivity contribution in [2.24, 2.45) is 0 Å². The smallest absolute Gasteiger partial charge is 0.143 e. The molecule has 0 N–H and O–H groups in total. The fourth-order valence-electron chi connectivity index (χ4n) is 11.2. The third kappa shape index (κ3) is 17.7. The minimum atomic E-state index is -2.14. The maximum atomic E-state index is 7.48. The molecule has 0 bridgehead atoms. The van der Waals surface area contributed by atoms with E-state index >= 15 is 0 Å². The minimum absolute atomic E-state index is 0. The molecule has 0 saturated heterocycles. The summed E-state index contributed by atoms with van der Waals surface area (Å²) in [6.07, 6.45) is 19.5. The molecule has 18 heteroatoms. The Morgan fingerprint density at radius 3 is 1.00 bits per heavy atom. The summed E-state index contributed by atoms with van der Waals surface area (Å²) in [6.45, 7) is 29.4. The molecule has 6 aliphatic rings. The first-order chi connectivity index (χ1) is 47.9. The Morgan fingerprint density at radius 2 is 0.646 bits per heavy atom. The first kappa shape index (κ1) is 63.4. The standard InChI is InChI=1S/C28H34N4.C24H26N4.2C13H12N4.2Ir/c1-21-11-9-13-27(17-21)31-19-29(23(3)25(31)5)15-7-8-16-30-20-32(26(6)24(30)4)28-14-10-12-22(2)18-28;1-21-7-5-9-23(17-21)27-15-13-25(19-27)11-3-4-12-26-14-16-28(20-26)24-10-6-8-22(2)18-24;2*1-10-4-3-5-11(8-10)17-9-16(2)12-13(17)15-7-6-14-12;;/h9-12,17-20H,7-8,15-16H2,1-6H3;5-8,13-20H,3-4,11-12H2,1-2H3;2*3-4,6-9H,1-2H3;;/q2*-4;2*-2;;/i;;2*1D3;;. The van der Waals surface area contributed by atoms with E-state index in [1.165, 1.54) is 45.0 Å². The predicted octanol–water partition coefficient (Wildman–Crippen LogP) is 15.8. The van der Waals surface area contributed by atoms with E-state index in [-0.39, 0.29) is 51.3 Å². The summed E-state index contributed by atoms with van der Waals surface area (Å²) >= 11 is 0. The van der Waals surface area contributed by atoms with Gasteiger partial charge in [0.05, 0.1) is 0 Å². The number of hydrogen-bond donors (Lipinski definition) is 0. The van der Waals surface area contributed by atoms with Crippen LogP contribution in [0.15, 0.2) is 182 Å². The molecule has 0 saturated carbocycles. The number of allylic oxidation sites excluding steroid dienone is 4. The fraction of sp³-hybridized carbons (Fsp3) is 0.256. The number of fused-ring (bicyclic) bond motifs is 2. The number of aromatic nitrogens is 4. The zero-order valence-electron chi connectivity index (χ0n) is 62.0. The van der Waals surface area contributed by atoms with Crippen LogP contribution in [0, 0.1) is 118 Å². The second-order valence-electron chi connectivity index (χ2n) is 23.8. The van der Waals surface area contributed by atoms with Gasteiger partial charge in [-0.2, -0.15) is 169 Å². The molecule has 6 aromatic carbocycles. The van der Waals surface area contributed by atoms with E-state index in [0.717, 1.165) is 86.2 Å². The van der Waals surface area contributed by atoms with Gasteiger partial charge in [0.1, 0.15) is 23.3 Å². The van der Waals surface area contributed by atoms with Crippen LogP contribution in [-0.2, 0) is 40.2 Å². The number of nitrogens with zero attached hydrogens (tertiary/aromatic N) is 16. The van der Waals surface area contributed by atoms with Crippen molar-refractivity contribution in [2.75, 3.05) is 79.5 Å². The molecule has 506 valence electrons. The van der Waals surface area contributed by atoms with Gasteiger partial charge in [-0.25, -0.2) is 19.9 Å². The first-order valence-electron chi connectivity index (χ1n) is 34.6. The van der Waals surface area contributed by atoms with Crippen LogP contribution < -0.4 is 39.2 Å². The summed E-state index contributed by atoms with van der Waals surface area (Å²) < 4.78 is 44.9. The molecule has 2 aromatic heterocycles. The van der Waals surface area contributed by atoms with Gasteiger partial charge in [-0.05, 0) is 130 Å². The zero-order valence-corrected chi connectivity index (χ0v) is 60.7. The summed E-state index contributed by atoms with van der Waals surface area (Å²) in [5, 5.41) is 0. The summed E-state index contributed by atoms with van der Waals surface area (Å²) in [7, 11) is 3.72. The molecule has 8 heterocycles. The zero-order chi connectivity index (χ0) is 70.8. The van der Waals surface area contributed by atoms with Crippen LogP contribution in [0.1, 0.15) is 95.0 Å².